The quantitative estimate of drug-likeness (QED) is 0.510. The molecule has 92 valence electrons. The first-order valence-electron chi connectivity index (χ1n) is 5.31. The van der Waals surface area contributed by atoms with Gasteiger partial charge in [0.25, 0.3) is 5.69 Å². The van der Waals surface area contributed by atoms with Gasteiger partial charge in [0.05, 0.1) is 29.7 Å². The van der Waals surface area contributed by atoms with Crippen LogP contribution in [0.1, 0.15) is 12.8 Å². The smallest absolute Gasteiger partial charge is 0.276 e. The van der Waals surface area contributed by atoms with Gasteiger partial charge >= 0.3 is 0 Å². The lowest BCUT2D eigenvalue weighted by Gasteiger charge is -2.23. The normalized spacial score (nSPS) is 19.9. The van der Waals surface area contributed by atoms with Gasteiger partial charge in [0, 0.05) is 6.61 Å². The molecule has 1 aromatic rings. The molecule has 0 amide bonds. The Morgan fingerprint density at radius 3 is 3.06 bits per heavy atom. The summed E-state index contributed by atoms with van der Waals surface area (Å²) in [6, 6.07) is 2.74. The van der Waals surface area contributed by atoms with E-state index in [0.29, 0.717) is 12.4 Å². The van der Waals surface area contributed by atoms with Gasteiger partial charge in [0.1, 0.15) is 11.0 Å². The Morgan fingerprint density at radius 1 is 1.59 bits per heavy atom. The Morgan fingerprint density at radius 2 is 2.41 bits per heavy atom. The van der Waals surface area contributed by atoms with Crippen molar-refractivity contribution in [2.24, 2.45) is 0 Å². The number of hydrogen-bond donors (Lipinski definition) is 1. The fraction of sp³-hybridized carbons (Fsp3) is 0.500. The third kappa shape index (κ3) is 3.28. The number of nitrogens with zero attached hydrogens (tertiary/aromatic N) is 2. The van der Waals surface area contributed by atoms with E-state index in [-0.39, 0.29) is 16.9 Å². The van der Waals surface area contributed by atoms with E-state index < -0.39 is 4.92 Å². The lowest BCUT2D eigenvalue weighted by Crippen LogP contribution is -2.30. The van der Waals surface area contributed by atoms with Gasteiger partial charge in [-0.05, 0) is 12.8 Å². The molecular formula is C10H12ClN3O3. The van der Waals surface area contributed by atoms with Crippen molar-refractivity contribution in [2.45, 2.75) is 18.9 Å². The standard InChI is InChI=1S/C10H12ClN3O3/c11-9-4-8(14(15)16)5-10(13-9)12-7-2-1-3-17-6-7/h4-5,7H,1-3,6H2,(H,12,13). The molecule has 1 fully saturated rings. The van der Waals surface area contributed by atoms with Crippen molar-refractivity contribution in [3.8, 4) is 0 Å². The van der Waals surface area contributed by atoms with Crippen molar-refractivity contribution in [1.82, 2.24) is 4.98 Å². The molecule has 17 heavy (non-hydrogen) atoms. The molecule has 0 radical (unpaired) electrons. The number of halogens is 1. The second-order valence-electron chi connectivity index (χ2n) is 3.85. The average molecular weight is 258 g/mol. The summed E-state index contributed by atoms with van der Waals surface area (Å²) < 4.78 is 5.31. The SMILES string of the molecule is O=[N+]([O-])c1cc(Cl)nc(NC2CCCOC2)c1. The summed E-state index contributed by atoms with van der Waals surface area (Å²) in [4.78, 5) is 14.2. The van der Waals surface area contributed by atoms with Crippen molar-refractivity contribution < 1.29 is 9.66 Å². The fourth-order valence-electron chi connectivity index (χ4n) is 1.73. The Hall–Kier alpha value is -1.40. The first-order chi connectivity index (χ1) is 8.15. The Kier molecular flexibility index (Phi) is 3.75. The highest BCUT2D eigenvalue weighted by Crippen LogP contribution is 2.22. The van der Waals surface area contributed by atoms with Crippen LogP contribution in [0.2, 0.25) is 5.15 Å². The second kappa shape index (κ2) is 5.29. The molecule has 6 nitrogen and oxygen atoms in total. The molecule has 1 N–H and O–H groups in total. The van der Waals surface area contributed by atoms with Crippen LogP contribution in [-0.2, 0) is 4.74 Å². The summed E-state index contributed by atoms with van der Waals surface area (Å²) >= 11 is 5.72. The largest absolute Gasteiger partial charge is 0.379 e. The minimum atomic E-state index is -0.490. The monoisotopic (exact) mass is 257 g/mol. The zero-order valence-corrected chi connectivity index (χ0v) is 9.81. The average Bonchev–Trinajstić information content (AvgIpc) is 2.29. The molecule has 0 saturated carbocycles. The van der Waals surface area contributed by atoms with Gasteiger partial charge in [0.2, 0.25) is 0 Å². The number of pyridine rings is 1. The molecular weight excluding hydrogens is 246 g/mol. The number of rotatable bonds is 3. The van der Waals surface area contributed by atoms with Gasteiger partial charge < -0.3 is 10.1 Å². The van der Waals surface area contributed by atoms with Crippen LogP contribution < -0.4 is 5.32 Å². The van der Waals surface area contributed by atoms with Crippen LogP contribution in [0.3, 0.4) is 0 Å². The lowest BCUT2D eigenvalue weighted by atomic mass is 10.1. The van der Waals surface area contributed by atoms with Crippen LogP contribution in [0, 0.1) is 10.1 Å². The van der Waals surface area contributed by atoms with Crippen LogP contribution in [0.4, 0.5) is 11.5 Å². The van der Waals surface area contributed by atoms with Crippen molar-refractivity contribution in [1.29, 1.82) is 0 Å². The predicted octanol–water partition coefficient (Wildman–Crippen LogP) is 2.23. The van der Waals surface area contributed by atoms with Crippen LogP contribution in [0.25, 0.3) is 0 Å². The van der Waals surface area contributed by atoms with E-state index in [1.807, 2.05) is 0 Å². The Balaban J connectivity index is 2.11. The summed E-state index contributed by atoms with van der Waals surface area (Å²) in [7, 11) is 0. The number of hydrogen-bond acceptors (Lipinski definition) is 5. The molecule has 0 spiro atoms. The third-order valence-electron chi connectivity index (χ3n) is 2.50. The zero-order chi connectivity index (χ0) is 12.3. The fourth-order valence-corrected chi connectivity index (χ4v) is 1.93. The molecule has 0 aromatic carbocycles. The summed E-state index contributed by atoms with van der Waals surface area (Å²) in [5.74, 6) is 0.416. The summed E-state index contributed by atoms with van der Waals surface area (Å²) in [5.41, 5.74) is -0.0655. The van der Waals surface area contributed by atoms with Crippen molar-refractivity contribution in [3.63, 3.8) is 0 Å². The second-order valence-corrected chi connectivity index (χ2v) is 4.24. The molecule has 0 aliphatic carbocycles. The molecule has 2 rings (SSSR count). The molecule has 1 aromatic heterocycles. The molecule has 2 heterocycles. The van der Waals surface area contributed by atoms with Crippen molar-refractivity contribution in [2.75, 3.05) is 18.5 Å². The highest BCUT2D eigenvalue weighted by atomic mass is 35.5. The minimum absolute atomic E-state index is 0.0655. The first kappa shape index (κ1) is 12.1. The molecule has 1 aliphatic heterocycles. The van der Waals surface area contributed by atoms with E-state index in [2.05, 4.69) is 10.3 Å². The number of nitro groups is 1. The van der Waals surface area contributed by atoms with Crippen LogP contribution in [0.5, 0.6) is 0 Å². The van der Waals surface area contributed by atoms with Gasteiger partial charge in [-0.25, -0.2) is 4.98 Å². The van der Waals surface area contributed by atoms with Crippen LogP contribution in [0.15, 0.2) is 12.1 Å². The summed E-state index contributed by atoms with van der Waals surface area (Å²) in [6.45, 7) is 1.35. The Bertz CT molecular complexity index is 421. The van der Waals surface area contributed by atoms with Gasteiger partial charge in [-0.1, -0.05) is 11.6 Å². The third-order valence-corrected chi connectivity index (χ3v) is 2.70. The van der Waals surface area contributed by atoms with E-state index in [0.717, 1.165) is 19.4 Å². The highest BCUT2D eigenvalue weighted by Gasteiger charge is 2.16. The topological polar surface area (TPSA) is 77.3 Å². The van der Waals surface area contributed by atoms with Crippen LogP contribution >= 0.6 is 11.6 Å². The lowest BCUT2D eigenvalue weighted by molar-refractivity contribution is -0.384. The number of anilines is 1. The highest BCUT2D eigenvalue weighted by molar-refractivity contribution is 6.29. The van der Waals surface area contributed by atoms with Crippen molar-refractivity contribution in [3.05, 3.63) is 27.4 Å². The maximum Gasteiger partial charge on any atom is 0.276 e. The molecule has 1 aliphatic rings. The molecule has 7 heteroatoms. The van der Waals surface area contributed by atoms with Crippen molar-refractivity contribution >= 4 is 23.1 Å². The Labute approximate surface area is 103 Å². The molecule has 1 unspecified atom stereocenters. The van der Waals surface area contributed by atoms with Crippen LogP contribution in [-0.4, -0.2) is 29.2 Å². The van der Waals surface area contributed by atoms with Gasteiger partial charge in [-0.2, -0.15) is 0 Å². The summed E-state index contributed by atoms with van der Waals surface area (Å²) in [6.07, 6.45) is 1.93. The number of nitrogens with one attached hydrogen (secondary N) is 1. The first-order valence-corrected chi connectivity index (χ1v) is 5.69. The zero-order valence-electron chi connectivity index (χ0n) is 9.06. The maximum atomic E-state index is 10.7. The number of ether oxygens (including phenoxy) is 1. The molecule has 1 saturated heterocycles. The van der Waals surface area contributed by atoms with Gasteiger partial charge in [-0.15, -0.1) is 0 Å². The van der Waals surface area contributed by atoms with E-state index >= 15 is 0 Å². The minimum Gasteiger partial charge on any atom is -0.379 e. The van der Waals surface area contributed by atoms with E-state index in [4.69, 9.17) is 16.3 Å². The van der Waals surface area contributed by atoms with E-state index in [9.17, 15) is 10.1 Å². The summed E-state index contributed by atoms with van der Waals surface area (Å²) in [5, 5.41) is 13.9. The molecule has 0 bridgehead atoms. The maximum absolute atomic E-state index is 10.7. The van der Waals surface area contributed by atoms with Gasteiger partial charge in [0.15, 0.2) is 0 Å². The van der Waals surface area contributed by atoms with E-state index in [1.165, 1.54) is 12.1 Å². The van der Waals surface area contributed by atoms with E-state index in [1.54, 1.807) is 0 Å². The predicted molar refractivity (Wildman–Crippen MR) is 63.4 cm³/mol. The molecule has 1 atom stereocenters. The van der Waals surface area contributed by atoms with Gasteiger partial charge in [-0.3, -0.25) is 10.1 Å². The number of aromatic nitrogens is 1.